The minimum absolute atomic E-state index is 0.0547. The molecule has 3 aliphatic heterocycles. The monoisotopic (exact) mass is 406 g/mol. The molecule has 156 valence electrons. The molecule has 8 heteroatoms. The summed E-state index contributed by atoms with van der Waals surface area (Å²) in [5, 5.41) is 21.8. The molecule has 7 nitrogen and oxygen atoms in total. The van der Waals surface area contributed by atoms with E-state index in [0.717, 1.165) is 31.7 Å². The number of allylic oxidation sites excluding steroid dienone is 1. The molecule has 3 heterocycles. The quantitative estimate of drug-likeness (QED) is 0.236. The van der Waals surface area contributed by atoms with Crippen molar-refractivity contribution >= 4 is 11.8 Å². The zero-order chi connectivity index (χ0) is 19.1. The van der Waals surface area contributed by atoms with E-state index in [-0.39, 0.29) is 17.5 Å². The summed E-state index contributed by atoms with van der Waals surface area (Å²) < 4.78 is 0. The Morgan fingerprint density at radius 1 is 1.36 bits per heavy atom. The first-order valence-electron chi connectivity index (χ1n) is 10.8. The lowest BCUT2D eigenvalue weighted by molar-refractivity contribution is 0.0857. The normalized spacial score (nSPS) is 46.3. The maximum absolute atomic E-state index is 10.9. The van der Waals surface area contributed by atoms with Gasteiger partial charge in [0.05, 0.1) is 11.4 Å². The third-order valence-corrected chi connectivity index (χ3v) is 8.62. The van der Waals surface area contributed by atoms with Crippen LogP contribution in [-0.4, -0.2) is 66.3 Å². The molecule has 5 aliphatic rings. The van der Waals surface area contributed by atoms with E-state index in [1.165, 1.54) is 6.42 Å². The van der Waals surface area contributed by atoms with Crippen LogP contribution in [0.15, 0.2) is 23.8 Å². The molecule has 0 bridgehead atoms. The van der Waals surface area contributed by atoms with Crippen LogP contribution in [0.2, 0.25) is 0 Å². The topological polar surface area (TPSA) is 106 Å². The van der Waals surface area contributed by atoms with Crippen molar-refractivity contribution in [1.82, 2.24) is 26.8 Å². The standard InChI is InChI=1S/C20H34N6OS/c21-8-19-24-18(10-28-19)20(27)25-16-6-11(7-17-14(16)9-23-26-17)12-2-1-3-15-13(12)4-5-22-15/h1,3,6,12-20,22-27H,2,4-5,7-10,21H2. The molecule has 9 unspecified atom stereocenters. The summed E-state index contributed by atoms with van der Waals surface area (Å²) in [4.78, 5) is 0. The minimum atomic E-state index is -0.557. The number of fused-ring (bicyclic) bond motifs is 2. The highest BCUT2D eigenvalue weighted by Gasteiger charge is 2.43. The number of rotatable bonds is 5. The van der Waals surface area contributed by atoms with Crippen molar-refractivity contribution in [2.24, 2.45) is 23.5 Å². The van der Waals surface area contributed by atoms with Crippen molar-refractivity contribution in [1.29, 1.82) is 0 Å². The summed E-state index contributed by atoms with van der Waals surface area (Å²) in [5.41, 5.74) is 14.2. The number of aliphatic hydroxyl groups excluding tert-OH is 1. The van der Waals surface area contributed by atoms with Crippen molar-refractivity contribution < 1.29 is 5.11 Å². The Hall–Kier alpha value is -0.450. The van der Waals surface area contributed by atoms with Gasteiger partial charge in [0, 0.05) is 42.9 Å². The zero-order valence-corrected chi connectivity index (χ0v) is 17.1. The van der Waals surface area contributed by atoms with Gasteiger partial charge in [0.15, 0.2) is 0 Å². The first-order chi connectivity index (χ1) is 13.7. The van der Waals surface area contributed by atoms with E-state index < -0.39 is 6.23 Å². The summed E-state index contributed by atoms with van der Waals surface area (Å²) in [6, 6.07) is 1.22. The third-order valence-electron chi connectivity index (χ3n) is 7.33. The third kappa shape index (κ3) is 3.70. The molecule has 9 atom stereocenters. The van der Waals surface area contributed by atoms with E-state index >= 15 is 0 Å². The van der Waals surface area contributed by atoms with Crippen molar-refractivity contribution in [3.8, 4) is 0 Å². The van der Waals surface area contributed by atoms with Crippen molar-refractivity contribution in [2.45, 2.75) is 55.0 Å². The van der Waals surface area contributed by atoms with Gasteiger partial charge in [0.2, 0.25) is 0 Å². The summed E-state index contributed by atoms with van der Waals surface area (Å²) >= 11 is 1.80. The van der Waals surface area contributed by atoms with Gasteiger partial charge in [0.1, 0.15) is 6.23 Å². The van der Waals surface area contributed by atoms with Crippen LogP contribution in [0.3, 0.4) is 0 Å². The second-order valence-corrected chi connectivity index (χ2v) is 10.1. The van der Waals surface area contributed by atoms with Crippen molar-refractivity contribution in [2.75, 3.05) is 25.4 Å². The summed E-state index contributed by atoms with van der Waals surface area (Å²) in [6.07, 6.45) is 10.2. The summed E-state index contributed by atoms with van der Waals surface area (Å²) in [6.45, 7) is 2.67. The van der Waals surface area contributed by atoms with E-state index in [2.05, 4.69) is 45.0 Å². The first-order valence-corrected chi connectivity index (χ1v) is 11.9. The largest absolute Gasteiger partial charge is 0.377 e. The van der Waals surface area contributed by atoms with Gasteiger partial charge in [-0.2, -0.15) is 0 Å². The first kappa shape index (κ1) is 19.5. The van der Waals surface area contributed by atoms with Gasteiger partial charge in [-0.1, -0.05) is 23.8 Å². The lowest BCUT2D eigenvalue weighted by Gasteiger charge is -2.39. The SMILES string of the molecule is NCC1NC(C(O)NC2C=C(C3CC=CC4NCCC43)CC3NNCC23)CS1. The Bertz CT molecular complexity index is 630. The van der Waals surface area contributed by atoms with Crippen LogP contribution < -0.4 is 32.5 Å². The Balaban J connectivity index is 1.32. The zero-order valence-electron chi connectivity index (χ0n) is 16.3. The number of aliphatic hydroxyl groups is 1. The average molecular weight is 407 g/mol. The second kappa shape index (κ2) is 8.35. The molecule has 28 heavy (non-hydrogen) atoms. The van der Waals surface area contributed by atoms with Crippen molar-refractivity contribution in [3.63, 3.8) is 0 Å². The van der Waals surface area contributed by atoms with Gasteiger partial charge in [-0.15, -0.1) is 11.8 Å². The second-order valence-electron chi connectivity index (χ2n) is 8.91. The Kier molecular flexibility index (Phi) is 5.82. The molecule has 0 aromatic rings. The average Bonchev–Trinajstić information content (AvgIpc) is 3.46. The van der Waals surface area contributed by atoms with Gasteiger partial charge in [-0.25, -0.2) is 0 Å². The van der Waals surface area contributed by atoms with E-state index in [4.69, 9.17) is 5.73 Å². The summed E-state index contributed by atoms with van der Waals surface area (Å²) in [7, 11) is 0. The highest BCUT2D eigenvalue weighted by atomic mass is 32.2. The molecule has 5 rings (SSSR count). The van der Waals surface area contributed by atoms with Gasteiger partial charge in [-0.3, -0.25) is 21.5 Å². The minimum Gasteiger partial charge on any atom is -0.377 e. The van der Waals surface area contributed by atoms with Gasteiger partial charge >= 0.3 is 0 Å². The fourth-order valence-electron chi connectivity index (χ4n) is 5.83. The smallest absolute Gasteiger partial charge is 0.121 e. The molecule has 0 spiro atoms. The highest BCUT2D eigenvalue weighted by molar-refractivity contribution is 8.00. The van der Waals surface area contributed by atoms with Crippen molar-refractivity contribution in [3.05, 3.63) is 23.8 Å². The van der Waals surface area contributed by atoms with Gasteiger partial charge < -0.3 is 16.2 Å². The number of nitrogens with two attached hydrogens (primary N) is 1. The Morgan fingerprint density at radius 2 is 2.29 bits per heavy atom. The molecule has 2 aliphatic carbocycles. The predicted molar refractivity (Wildman–Crippen MR) is 113 cm³/mol. The molecule has 0 aromatic carbocycles. The molecule has 8 N–H and O–H groups in total. The molecule has 0 aromatic heterocycles. The van der Waals surface area contributed by atoms with Crippen LogP contribution in [0, 0.1) is 17.8 Å². The maximum Gasteiger partial charge on any atom is 0.121 e. The van der Waals surface area contributed by atoms with Crippen LogP contribution >= 0.6 is 11.8 Å². The molecule has 0 radical (unpaired) electrons. The van der Waals surface area contributed by atoms with Gasteiger partial charge in [-0.05, 0) is 37.6 Å². The number of nitrogens with one attached hydrogen (secondary N) is 5. The van der Waals surface area contributed by atoms with E-state index in [1.54, 1.807) is 17.3 Å². The summed E-state index contributed by atoms with van der Waals surface area (Å²) in [5.74, 6) is 2.70. The van der Waals surface area contributed by atoms with Crippen LogP contribution in [0.5, 0.6) is 0 Å². The fraction of sp³-hybridized carbons (Fsp3) is 0.800. The lowest BCUT2D eigenvalue weighted by atomic mass is 9.70. The lowest BCUT2D eigenvalue weighted by Crippen LogP contribution is -2.55. The Labute approximate surface area is 171 Å². The predicted octanol–water partition coefficient (Wildman–Crippen LogP) is -0.770. The van der Waals surface area contributed by atoms with E-state index in [1.807, 2.05) is 0 Å². The molecular formula is C20H34N6OS. The highest BCUT2D eigenvalue weighted by Crippen LogP contribution is 2.41. The van der Waals surface area contributed by atoms with Crippen LogP contribution in [0.4, 0.5) is 0 Å². The van der Waals surface area contributed by atoms with Gasteiger partial charge in [0.25, 0.3) is 0 Å². The number of thioether (sulfide) groups is 1. The molecule has 0 saturated carbocycles. The number of hydrogen-bond acceptors (Lipinski definition) is 8. The Morgan fingerprint density at radius 3 is 3.14 bits per heavy atom. The fourth-order valence-corrected chi connectivity index (χ4v) is 6.95. The van der Waals surface area contributed by atoms with Crippen LogP contribution in [0.25, 0.3) is 0 Å². The van der Waals surface area contributed by atoms with Crippen LogP contribution in [0.1, 0.15) is 19.3 Å². The van der Waals surface area contributed by atoms with E-state index in [9.17, 15) is 5.11 Å². The molecule has 3 fully saturated rings. The maximum atomic E-state index is 10.9. The number of hydrogen-bond donors (Lipinski definition) is 7. The molecule has 0 amide bonds. The molecule has 3 saturated heterocycles. The van der Waals surface area contributed by atoms with Crippen LogP contribution in [-0.2, 0) is 0 Å². The molecular weight excluding hydrogens is 372 g/mol. The number of hydrazine groups is 1. The van der Waals surface area contributed by atoms with E-state index in [0.29, 0.717) is 36.4 Å².